The van der Waals surface area contributed by atoms with Gasteiger partial charge in [0.1, 0.15) is 13.2 Å². The number of aliphatic hydroxyl groups is 1. The maximum atomic E-state index is 13.0. The van der Waals surface area contributed by atoms with E-state index in [2.05, 4.69) is 92.1 Å². The van der Waals surface area contributed by atoms with Gasteiger partial charge in [0.25, 0.3) is 0 Å². The van der Waals surface area contributed by atoms with Gasteiger partial charge in [-0.05, 0) is 77.0 Å². The van der Waals surface area contributed by atoms with E-state index in [1.54, 1.807) is 6.08 Å². The van der Waals surface area contributed by atoms with Crippen molar-refractivity contribution in [2.75, 3.05) is 40.9 Å². The summed E-state index contributed by atoms with van der Waals surface area (Å²) in [5.74, 6) is -0.183. The van der Waals surface area contributed by atoms with E-state index >= 15 is 0 Å². The third-order valence-electron chi connectivity index (χ3n) is 14.8. The van der Waals surface area contributed by atoms with E-state index in [1.165, 1.54) is 212 Å². The number of carbonyl (C=O) groups excluding carboxylic acids is 1. The van der Waals surface area contributed by atoms with Gasteiger partial charge in [-0.25, -0.2) is 4.57 Å². The topological polar surface area (TPSA) is 105 Å². The summed E-state index contributed by atoms with van der Waals surface area (Å²) in [6.45, 7) is 4.70. The van der Waals surface area contributed by atoms with Gasteiger partial charge in [0.05, 0.1) is 39.9 Å². The van der Waals surface area contributed by atoms with Crippen molar-refractivity contribution in [3.05, 3.63) is 85.1 Å². The lowest BCUT2D eigenvalue weighted by atomic mass is 10.0. The van der Waals surface area contributed by atoms with Crippen molar-refractivity contribution in [2.24, 2.45) is 0 Å². The van der Waals surface area contributed by atoms with Gasteiger partial charge in [0.15, 0.2) is 0 Å². The largest absolute Gasteiger partial charge is 0.472 e. The Kier molecular flexibility index (Phi) is 58.5. The Hall–Kier alpha value is -2.32. The number of nitrogens with one attached hydrogen (secondary N) is 1. The number of hydrogen-bond donors (Lipinski definition) is 3. The van der Waals surface area contributed by atoms with Gasteiger partial charge in [0, 0.05) is 6.42 Å². The first-order chi connectivity index (χ1) is 38.5. The number of likely N-dealkylation sites (N-methyl/N-ethyl adjacent to an activating group) is 1. The molecule has 0 aliphatic rings. The van der Waals surface area contributed by atoms with Crippen LogP contribution < -0.4 is 5.32 Å². The van der Waals surface area contributed by atoms with E-state index in [-0.39, 0.29) is 19.1 Å². The number of aliphatic hydroxyl groups excluding tert-OH is 1. The first-order valence-corrected chi connectivity index (χ1v) is 35.0. The molecule has 0 spiro atoms. The Labute approximate surface area is 490 Å². The van der Waals surface area contributed by atoms with Crippen LogP contribution in [0.5, 0.6) is 0 Å². The minimum atomic E-state index is -4.36. The second-order valence-electron chi connectivity index (χ2n) is 23.8. The summed E-state index contributed by atoms with van der Waals surface area (Å²) in [5.41, 5.74) is 0. The van der Waals surface area contributed by atoms with Gasteiger partial charge in [-0.1, -0.05) is 304 Å². The van der Waals surface area contributed by atoms with E-state index < -0.39 is 20.0 Å². The monoisotopic (exact) mass is 1130 g/mol. The van der Waals surface area contributed by atoms with Crippen LogP contribution in [0.3, 0.4) is 0 Å². The fourth-order valence-electron chi connectivity index (χ4n) is 9.68. The molecule has 1 amide bonds. The maximum absolute atomic E-state index is 13.0. The molecule has 79 heavy (non-hydrogen) atoms. The first kappa shape index (κ1) is 76.7. The molecule has 0 aromatic carbocycles. The number of allylic oxidation sites excluding steroid dienone is 13. The van der Waals surface area contributed by atoms with Crippen LogP contribution in [-0.2, 0) is 18.4 Å². The third-order valence-corrected chi connectivity index (χ3v) is 15.8. The highest BCUT2D eigenvalue weighted by molar-refractivity contribution is 7.47. The van der Waals surface area contributed by atoms with E-state index in [4.69, 9.17) is 9.05 Å². The number of phosphoric ester groups is 1. The fourth-order valence-corrected chi connectivity index (χ4v) is 10.4. The number of rotatable bonds is 61. The van der Waals surface area contributed by atoms with Crippen LogP contribution in [0.4, 0.5) is 0 Å². The Morgan fingerprint density at radius 2 is 0.772 bits per heavy atom. The van der Waals surface area contributed by atoms with Gasteiger partial charge in [0.2, 0.25) is 5.91 Å². The molecule has 0 rings (SSSR count). The number of unbranched alkanes of at least 4 members (excludes halogenated alkanes) is 36. The summed E-state index contributed by atoms with van der Waals surface area (Å²) in [7, 11) is 1.56. The second kappa shape index (κ2) is 60.3. The molecule has 0 fully saturated rings. The Morgan fingerprint density at radius 3 is 1.16 bits per heavy atom. The normalized spacial score (nSPS) is 14.3. The Bertz CT molecular complexity index is 1560. The van der Waals surface area contributed by atoms with Crippen molar-refractivity contribution in [2.45, 2.75) is 315 Å². The summed E-state index contributed by atoms with van der Waals surface area (Å²) < 4.78 is 23.7. The molecular formula is C70H130N2O6P+. The quantitative estimate of drug-likeness (QED) is 0.0243. The lowest BCUT2D eigenvalue weighted by Crippen LogP contribution is -2.45. The molecule has 3 atom stereocenters. The van der Waals surface area contributed by atoms with Crippen LogP contribution >= 0.6 is 7.82 Å². The Morgan fingerprint density at radius 1 is 0.443 bits per heavy atom. The average molecular weight is 1130 g/mol. The van der Waals surface area contributed by atoms with Gasteiger partial charge in [-0.3, -0.25) is 13.8 Å². The van der Waals surface area contributed by atoms with Crippen molar-refractivity contribution >= 4 is 13.7 Å². The average Bonchev–Trinajstić information content (AvgIpc) is 3.42. The SMILES string of the molecule is CC/C=C\C/C=C\C/C=C\C/C=C\C/C=C\CCCCCCCCCCCCCCCCCCCCCCCCCCCC(=O)NC(COP(=O)(O)OCC[N+](C)(C)C)C(O)/C=C/CC/C=C/CCCCCCCCCCCC. The molecule has 3 N–H and O–H groups in total. The predicted molar refractivity (Wildman–Crippen MR) is 346 cm³/mol. The second-order valence-corrected chi connectivity index (χ2v) is 25.3. The summed E-state index contributed by atoms with van der Waals surface area (Å²) in [5, 5.41) is 13.9. The minimum absolute atomic E-state index is 0.0560. The standard InChI is InChI=1S/C70H129N2O6P/c1-6-8-10-12-14-16-18-20-22-24-25-26-27-28-29-30-31-32-33-34-35-36-37-38-39-40-41-42-43-44-45-46-47-48-50-52-54-56-58-60-62-64-70(74)71-68(67-78-79(75,76)77-66-65-72(3,4)5)69(73)63-61-59-57-55-53-51-49-23-21-19-17-15-13-11-9-7-2/h8,10,14,16,20,22,25-26,28-29,53,55,61,63,68-69,73H,6-7,9,11-13,15,17-19,21,23-24,27,30-52,54,56-60,62,64-67H2,1-5H3,(H-,71,74,75,76)/p+1/b10-8-,16-14-,22-20-,26-25-,29-28-,55-53+,63-61+. The first-order valence-electron chi connectivity index (χ1n) is 33.5. The highest BCUT2D eigenvalue weighted by Gasteiger charge is 2.28. The third kappa shape index (κ3) is 63.1. The van der Waals surface area contributed by atoms with Crippen LogP contribution in [0.1, 0.15) is 303 Å². The molecule has 9 heteroatoms. The highest BCUT2D eigenvalue weighted by atomic mass is 31.2. The van der Waals surface area contributed by atoms with Gasteiger partial charge in [-0.15, -0.1) is 0 Å². The molecule has 0 aromatic heterocycles. The lowest BCUT2D eigenvalue weighted by Gasteiger charge is -2.25. The van der Waals surface area contributed by atoms with Crippen LogP contribution in [0, 0.1) is 0 Å². The number of phosphoric acid groups is 1. The van der Waals surface area contributed by atoms with Gasteiger partial charge < -0.3 is 19.8 Å². The summed E-state index contributed by atoms with van der Waals surface area (Å²) in [4.78, 5) is 23.3. The number of nitrogens with zero attached hydrogens (tertiary/aromatic N) is 1. The summed E-state index contributed by atoms with van der Waals surface area (Å²) in [6, 6.07) is -0.864. The van der Waals surface area contributed by atoms with Crippen molar-refractivity contribution in [3.63, 3.8) is 0 Å². The van der Waals surface area contributed by atoms with Crippen LogP contribution in [-0.4, -0.2) is 73.4 Å². The zero-order valence-electron chi connectivity index (χ0n) is 52.6. The molecule has 0 bridgehead atoms. The van der Waals surface area contributed by atoms with Crippen molar-refractivity contribution in [1.82, 2.24) is 5.32 Å². The number of hydrogen-bond acceptors (Lipinski definition) is 5. The number of quaternary nitrogens is 1. The predicted octanol–water partition coefficient (Wildman–Crippen LogP) is 21.2. The zero-order valence-corrected chi connectivity index (χ0v) is 53.5. The minimum Gasteiger partial charge on any atom is -0.387 e. The molecule has 8 nitrogen and oxygen atoms in total. The molecule has 0 saturated carbocycles. The van der Waals surface area contributed by atoms with E-state index in [1.807, 2.05) is 27.2 Å². The Balaban J connectivity index is 3.92. The molecule has 0 aliphatic heterocycles. The molecule has 3 unspecified atom stereocenters. The number of carbonyl (C=O) groups is 1. The lowest BCUT2D eigenvalue weighted by molar-refractivity contribution is -0.870. The fraction of sp³-hybridized carbons (Fsp3) is 0.786. The van der Waals surface area contributed by atoms with Gasteiger partial charge in [-0.2, -0.15) is 0 Å². The van der Waals surface area contributed by atoms with Crippen molar-refractivity contribution in [3.8, 4) is 0 Å². The molecule has 0 aromatic rings. The molecular weight excluding hydrogens is 996 g/mol. The molecule has 0 saturated heterocycles. The number of amides is 1. The van der Waals surface area contributed by atoms with E-state index in [0.717, 1.165) is 70.6 Å². The van der Waals surface area contributed by atoms with E-state index in [9.17, 15) is 19.4 Å². The highest BCUT2D eigenvalue weighted by Crippen LogP contribution is 2.43. The van der Waals surface area contributed by atoms with Crippen LogP contribution in [0.2, 0.25) is 0 Å². The smallest absolute Gasteiger partial charge is 0.387 e. The van der Waals surface area contributed by atoms with Crippen LogP contribution in [0.15, 0.2) is 85.1 Å². The van der Waals surface area contributed by atoms with Crippen LogP contribution in [0.25, 0.3) is 0 Å². The molecule has 0 heterocycles. The van der Waals surface area contributed by atoms with Crippen molar-refractivity contribution < 1.29 is 32.9 Å². The summed E-state index contributed by atoms with van der Waals surface area (Å²) >= 11 is 0. The molecule has 0 radical (unpaired) electrons. The summed E-state index contributed by atoms with van der Waals surface area (Å²) in [6.07, 6.45) is 85.9. The zero-order chi connectivity index (χ0) is 57.7. The molecule has 460 valence electrons. The maximum Gasteiger partial charge on any atom is 0.472 e. The van der Waals surface area contributed by atoms with E-state index in [0.29, 0.717) is 17.4 Å². The van der Waals surface area contributed by atoms with Crippen molar-refractivity contribution in [1.29, 1.82) is 0 Å². The molecule has 0 aliphatic carbocycles. The van der Waals surface area contributed by atoms with Gasteiger partial charge >= 0.3 is 7.82 Å².